The lowest BCUT2D eigenvalue weighted by molar-refractivity contribution is -0.00967. The standard InChI is InChI=1S/C12H24N2/c1-3-8-14(2)11-9-12(10-11)4-6-13-7-5-12/h11,13H,3-10H2,1-2H3. The average Bonchev–Trinajstić information content (AvgIpc) is 2.16. The van der Waals surface area contributed by atoms with Crippen molar-refractivity contribution in [2.45, 2.75) is 45.1 Å². The summed E-state index contributed by atoms with van der Waals surface area (Å²) in [5, 5.41) is 3.46. The van der Waals surface area contributed by atoms with Crippen LogP contribution in [0, 0.1) is 5.41 Å². The summed E-state index contributed by atoms with van der Waals surface area (Å²) >= 11 is 0. The maximum absolute atomic E-state index is 3.46. The predicted molar refractivity (Wildman–Crippen MR) is 60.5 cm³/mol. The first-order chi connectivity index (χ1) is 6.76. The zero-order chi connectivity index (χ0) is 10.0. The molecule has 1 aliphatic heterocycles. The van der Waals surface area contributed by atoms with E-state index < -0.39 is 0 Å². The van der Waals surface area contributed by atoms with Crippen LogP contribution in [0.5, 0.6) is 0 Å². The highest BCUT2D eigenvalue weighted by molar-refractivity contribution is 5.00. The molecule has 1 spiro atoms. The SMILES string of the molecule is CCCN(C)C1CC2(CCNCC2)C1. The Bertz CT molecular complexity index is 177. The van der Waals surface area contributed by atoms with Gasteiger partial charge in [0.25, 0.3) is 0 Å². The summed E-state index contributed by atoms with van der Waals surface area (Å²) in [6.07, 6.45) is 7.06. The lowest BCUT2D eigenvalue weighted by atomic mass is 9.60. The van der Waals surface area contributed by atoms with Crippen LogP contribution in [0.2, 0.25) is 0 Å². The lowest BCUT2D eigenvalue weighted by Gasteiger charge is -2.53. The van der Waals surface area contributed by atoms with Crippen LogP contribution in [0.3, 0.4) is 0 Å². The largest absolute Gasteiger partial charge is 0.317 e. The van der Waals surface area contributed by atoms with Gasteiger partial charge in [0.1, 0.15) is 0 Å². The summed E-state index contributed by atoms with van der Waals surface area (Å²) in [4.78, 5) is 2.56. The van der Waals surface area contributed by atoms with Gasteiger partial charge in [0.15, 0.2) is 0 Å². The number of piperidine rings is 1. The summed E-state index contributed by atoms with van der Waals surface area (Å²) < 4.78 is 0. The third-order valence-corrected chi connectivity index (χ3v) is 4.20. The summed E-state index contributed by atoms with van der Waals surface area (Å²) in [6, 6.07) is 0.896. The van der Waals surface area contributed by atoms with Crippen molar-refractivity contribution in [2.24, 2.45) is 5.41 Å². The van der Waals surface area contributed by atoms with Crippen molar-refractivity contribution in [1.29, 1.82) is 0 Å². The van der Waals surface area contributed by atoms with E-state index in [9.17, 15) is 0 Å². The second-order valence-corrected chi connectivity index (χ2v) is 5.29. The van der Waals surface area contributed by atoms with Gasteiger partial charge in [0, 0.05) is 6.04 Å². The first-order valence-electron chi connectivity index (χ1n) is 6.17. The molecule has 1 aliphatic carbocycles. The first-order valence-corrected chi connectivity index (χ1v) is 6.17. The maximum atomic E-state index is 3.46. The molecule has 1 saturated heterocycles. The van der Waals surface area contributed by atoms with E-state index in [4.69, 9.17) is 0 Å². The minimum atomic E-state index is 0.748. The van der Waals surface area contributed by atoms with Gasteiger partial charge < -0.3 is 10.2 Å². The lowest BCUT2D eigenvalue weighted by Crippen LogP contribution is -2.53. The number of rotatable bonds is 3. The molecule has 0 radical (unpaired) electrons. The Balaban J connectivity index is 1.77. The molecule has 1 N–H and O–H groups in total. The second-order valence-electron chi connectivity index (χ2n) is 5.29. The van der Waals surface area contributed by atoms with E-state index in [1.54, 1.807) is 0 Å². The molecular weight excluding hydrogens is 172 g/mol. The van der Waals surface area contributed by atoms with Gasteiger partial charge in [-0.3, -0.25) is 0 Å². The fourth-order valence-corrected chi connectivity index (χ4v) is 3.15. The fraction of sp³-hybridized carbons (Fsp3) is 1.00. The highest BCUT2D eigenvalue weighted by atomic mass is 15.1. The van der Waals surface area contributed by atoms with Crippen LogP contribution in [0.25, 0.3) is 0 Å². The molecule has 0 aromatic rings. The molecule has 2 fully saturated rings. The highest BCUT2D eigenvalue weighted by Crippen LogP contribution is 2.49. The molecule has 0 bridgehead atoms. The Morgan fingerprint density at radius 3 is 2.50 bits per heavy atom. The van der Waals surface area contributed by atoms with Crippen LogP contribution < -0.4 is 5.32 Å². The van der Waals surface area contributed by atoms with E-state index in [1.165, 1.54) is 51.7 Å². The molecule has 0 amide bonds. The molecule has 1 heterocycles. The second kappa shape index (κ2) is 4.19. The zero-order valence-corrected chi connectivity index (χ0v) is 9.68. The Morgan fingerprint density at radius 2 is 1.93 bits per heavy atom. The Labute approximate surface area is 88.1 Å². The fourth-order valence-electron chi connectivity index (χ4n) is 3.15. The topological polar surface area (TPSA) is 15.3 Å². The zero-order valence-electron chi connectivity index (χ0n) is 9.68. The van der Waals surface area contributed by atoms with E-state index in [-0.39, 0.29) is 0 Å². The van der Waals surface area contributed by atoms with Gasteiger partial charge in [-0.1, -0.05) is 6.92 Å². The molecule has 0 aromatic carbocycles. The summed E-state index contributed by atoms with van der Waals surface area (Å²) in [5.41, 5.74) is 0.748. The molecule has 2 aliphatic rings. The molecule has 1 saturated carbocycles. The molecule has 0 unspecified atom stereocenters. The Morgan fingerprint density at radius 1 is 1.29 bits per heavy atom. The van der Waals surface area contributed by atoms with Gasteiger partial charge >= 0.3 is 0 Å². The van der Waals surface area contributed by atoms with Crippen LogP contribution in [-0.4, -0.2) is 37.6 Å². The maximum Gasteiger partial charge on any atom is 0.0103 e. The smallest absolute Gasteiger partial charge is 0.0103 e. The minimum absolute atomic E-state index is 0.748. The number of hydrogen-bond donors (Lipinski definition) is 1. The first kappa shape index (κ1) is 10.4. The van der Waals surface area contributed by atoms with Gasteiger partial charge in [0.2, 0.25) is 0 Å². The summed E-state index contributed by atoms with van der Waals surface area (Å²) in [5.74, 6) is 0. The van der Waals surface area contributed by atoms with Crippen molar-refractivity contribution < 1.29 is 0 Å². The molecule has 0 atom stereocenters. The van der Waals surface area contributed by atoms with Gasteiger partial charge in [-0.05, 0) is 64.2 Å². The average molecular weight is 196 g/mol. The van der Waals surface area contributed by atoms with Crippen molar-refractivity contribution in [1.82, 2.24) is 10.2 Å². The molecule has 0 aromatic heterocycles. The quantitative estimate of drug-likeness (QED) is 0.741. The van der Waals surface area contributed by atoms with Gasteiger partial charge in [-0.2, -0.15) is 0 Å². The van der Waals surface area contributed by atoms with Crippen molar-refractivity contribution >= 4 is 0 Å². The number of nitrogens with one attached hydrogen (secondary N) is 1. The van der Waals surface area contributed by atoms with Crippen molar-refractivity contribution in [3.05, 3.63) is 0 Å². The molecule has 2 heteroatoms. The van der Waals surface area contributed by atoms with Gasteiger partial charge in [-0.15, -0.1) is 0 Å². The van der Waals surface area contributed by atoms with Crippen LogP contribution in [0.1, 0.15) is 39.0 Å². The monoisotopic (exact) mass is 196 g/mol. The number of hydrogen-bond acceptors (Lipinski definition) is 2. The Kier molecular flexibility index (Phi) is 3.13. The third kappa shape index (κ3) is 1.96. The van der Waals surface area contributed by atoms with Crippen LogP contribution in [0.15, 0.2) is 0 Å². The van der Waals surface area contributed by atoms with Crippen LogP contribution in [-0.2, 0) is 0 Å². The molecule has 82 valence electrons. The van der Waals surface area contributed by atoms with E-state index in [2.05, 4.69) is 24.2 Å². The van der Waals surface area contributed by atoms with Gasteiger partial charge in [0.05, 0.1) is 0 Å². The van der Waals surface area contributed by atoms with Crippen LogP contribution in [0.4, 0.5) is 0 Å². The van der Waals surface area contributed by atoms with E-state index in [0.717, 1.165) is 11.5 Å². The minimum Gasteiger partial charge on any atom is -0.317 e. The van der Waals surface area contributed by atoms with Crippen molar-refractivity contribution in [3.63, 3.8) is 0 Å². The van der Waals surface area contributed by atoms with Crippen LogP contribution >= 0.6 is 0 Å². The predicted octanol–water partition coefficient (Wildman–Crippen LogP) is 1.86. The summed E-state index contributed by atoms with van der Waals surface area (Å²) in [7, 11) is 2.29. The van der Waals surface area contributed by atoms with Crippen molar-refractivity contribution in [2.75, 3.05) is 26.7 Å². The molecule has 2 rings (SSSR count). The van der Waals surface area contributed by atoms with Crippen molar-refractivity contribution in [3.8, 4) is 0 Å². The van der Waals surface area contributed by atoms with E-state index in [0.29, 0.717) is 0 Å². The molecule has 2 nitrogen and oxygen atoms in total. The molecule has 14 heavy (non-hydrogen) atoms. The molecular formula is C12H24N2. The van der Waals surface area contributed by atoms with E-state index >= 15 is 0 Å². The normalized spacial score (nSPS) is 26.8. The summed E-state index contributed by atoms with van der Waals surface area (Å²) in [6.45, 7) is 6.06. The highest BCUT2D eigenvalue weighted by Gasteiger charge is 2.45. The third-order valence-electron chi connectivity index (χ3n) is 4.20. The van der Waals surface area contributed by atoms with E-state index in [1.807, 2.05) is 0 Å². The van der Waals surface area contributed by atoms with Gasteiger partial charge in [-0.25, -0.2) is 0 Å². The Hall–Kier alpha value is -0.0800. The number of nitrogens with zero attached hydrogens (tertiary/aromatic N) is 1.